The lowest BCUT2D eigenvalue weighted by Gasteiger charge is -2.34. The number of aromatic nitrogens is 2. The van der Waals surface area contributed by atoms with Gasteiger partial charge in [0.1, 0.15) is 17.4 Å². The van der Waals surface area contributed by atoms with Crippen molar-refractivity contribution in [2.75, 3.05) is 6.54 Å². The molecule has 2 aliphatic rings. The molecule has 2 atom stereocenters. The molecule has 0 saturated carbocycles. The second kappa shape index (κ2) is 6.01. The molecule has 2 unspecified atom stereocenters. The van der Waals surface area contributed by atoms with Crippen LogP contribution in [0, 0.1) is 0 Å². The van der Waals surface area contributed by atoms with E-state index in [1.165, 1.54) is 4.90 Å². The number of carbonyl (C=O) groups excluding carboxylic acids is 1. The summed E-state index contributed by atoms with van der Waals surface area (Å²) < 4.78 is 5.43. The molecule has 1 aromatic heterocycles. The topological polar surface area (TPSA) is 97.1 Å². The third-order valence-corrected chi connectivity index (χ3v) is 3.96. The first-order valence-electron chi connectivity index (χ1n) is 8.03. The summed E-state index contributed by atoms with van der Waals surface area (Å²) in [6.45, 7) is 5.95. The molecule has 8 heteroatoms. The van der Waals surface area contributed by atoms with E-state index in [2.05, 4.69) is 15.1 Å². The molecule has 0 radical (unpaired) electrons. The Morgan fingerprint density at radius 3 is 2.79 bits per heavy atom. The van der Waals surface area contributed by atoms with Crippen LogP contribution in [-0.2, 0) is 9.57 Å². The van der Waals surface area contributed by atoms with Gasteiger partial charge in [-0.1, -0.05) is 5.16 Å². The standard InChI is InChI=1S/C16H22N4O4/c1-15(2,3)23-14(21)20-9-4-6-12(20)16(22)10-11(19-24-16)13-17-7-5-8-18-13/h5,7-8,12,22H,4,6,9-10H2,1-3H3. The molecule has 0 spiro atoms. The second-order valence-corrected chi connectivity index (χ2v) is 7.06. The maximum Gasteiger partial charge on any atom is 0.410 e. The van der Waals surface area contributed by atoms with Crippen molar-refractivity contribution in [3.8, 4) is 0 Å². The van der Waals surface area contributed by atoms with E-state index in [9.17, 15) is 9.90 Å². The smallest absolute Gasteiger partial charge is 0.410 e. The number of carbonyl (C=O) groups is 1. The lowest BCUT2D eigenvalue weighted by molar-refractivity contribution is -0.217. The number of nitrogens with zero attached hydrogens (tertiary/aromatic N) is 4. The van der Waals surface area contributed by atoms with Crippen molar-refractivity contribution in [2.24, 2.45) is 5.16 Å². The van der Waals surface area contributed by atoms with Crippen molar-refractivity contribution in [2.45, 2.75) is 57.5 Å². The molecule has 1 N–H and O–H groups in total. The van der Waals surface area contributed by atoms with Gasteiger partial charge in [-0.25, -0.2) is 14.8 Å². The quantitative estimate of drug-likeness (QED) is 0.884. The molecule has 1 amide bonds. The third-order valence-electron chi connectivity index (χ3n) is 3.96. The number of hydrogen-bond donors (Lipinski definition) is 1. The molecule has 0 bridgehead atoms. The van der Waals surface area contributed by atoms with E-state index in [1.807, 2.05) is 20.8 Å². The highest BCUT2D eigenvalue weighted by Gasteiger charge is 2.52. The number of amides is 1. The van der Waals surface area contributed by atoms with E-state index < -0.39 is 23.5 Å². The Balaban J connectivity index is 1.73. The number of rotatable bonds is 2. The van der Waals surface area contributed by atoms with Gasteiger partial charge < -0.3 is 14.7 Å². The lowest BCUT2D eigenvalue weighted by Crippen LogP contribution is -2.53. The Labute approximate surface area is 140 Å². The van der Waals surface area contributed by atoms with Crippen molar-refractivity contribution in [3.05, 3.63) is 24.3 Å². The van der Waals surface area contributed by atoms with E-state index in [-0.39, 0.29) is 6.42 Å². The highest BCUT2D eigenvalue weighted by atomic mass is 16.7. The average Bonchev–Trinajstić information content (AvgIpc) is 3.14. The predicted octanol–water partition coefficient (Wildman–Crippen LogP) is 1.69. The highest BCUT2D eigenvalue weighted by Crippen LogP contribution is 2.35. The molecule has 2 aliphatic heterocycles. The Bertz CT molecular complexity index is 643. The van der Waals surface area contributed by atoms with Crippen LogP contribution in [0.1, 0.15) is 45.9 Å². The monoisotopic (exact) mass is 334 g/mol. The Morgan fingerprint density at radius 1 is 1.42 bits per heavy atom. The largest absolute Gasteiger partial charge is 0.444 e. The fourth-order valence-electron chi connectivity index (χ4n) is 2.96. The van der Waals surface area contributed by atoms with Crippen LogP contribution in [0.25, 0.3) is 0 Å². The van der Waals surface area contributed by atoms with Crippen LogP contribution in [-0.4, -0.2) is 55.8 Å². The molecule has 1 saturated heterocycles. The summed E-state index contributed by atoms with van der Waals surface area (Å²) in [6, 6.07) is 1.19. The number of aliphatic hydroxyl groups is 1. The molecular formula is C16H22N4O4. The van der Waals surface area contributed by atoms with Gasteiger partial charge in [0, 0.05) is 18.9 Å². The van der Waals surface area contributed by atoms with Crippen molar-refractivity contribution in [3.63, 3.8) is 0 Å². The molecule has 3 rings (SSSR count). The fraction of sp³-hybridized carbons (Fsp3) is 0.625. The van der Waals surface area contributed by atoms with Gasteiger partial charge in [0.2, 0.25) is 0 Å². The van der Waals surface area contributed by atoms with Gasteiger partial charge in [-0.3, -0.25) is 4.90 Å². The fourth-order valence-corrected chi connectivity index (χ4v) is 2.96. The normalized spacial score (nSPS) is 26.9. The third kappa shape index (κ3) is 3.33. The van der Waals surface area contributed by atoms with Crippen molar-refractivity contribution >= 4 is 11.8 Å². The Kier molecular flexibility index (Phi) is 4.16. The van der Waals surface area contributed by atoms with Crippen LogP contribution in [0.15, 0.2) is 23.6 Å². The van der Waals surface area contributed by atoms with Gasteiger partial charge >= 0.3 is 6.09 Å². The van der Waals surface area contributed by atoms with Gasteiger partial charge in [-0.05, 0) is 39.7 Å². The summed E-state index contributed by atoms with van der Waals surface area (Å²) in [5, 5.41) is 14.8. The Morgan fingerprint density at radius 2 is 2.12 bits per heavy atom. The predicted molar refractivity (Wildman–Crippen MR) is 85.2 cm³/mol. The van der Waals surface area contributed by atoms with Crippen LogP contribution >= 0.6 is 0 Å². The van der Waals surface area contributed by atoms with Crippen molar-refractivity contribution in [1.29, 1.82) is 0 Å². The first-order valence-corrected chi connectivity index (χ1v) is 8.03. The van der Waals surface area contributed by atoms with E-state index in [0.717, 1.165) is 6.42 Å². The summed E-state index contributed by atoms with van der Waals surface area (Å²) in [4.78, 5) is 27.5. The second-order valence-electron chi connectivity index (χ2n) is 7.06. The van der Waals surface area contributed by atoms with Crippen LogP contribution in [0.5, 0.6) is 0 Å². The summed E-state index contributed by atoms with van der Waals surface area (Å²) in [6.07, 6.45) is 4.27. The van der Waals surface area contributed by atoms with Gasteiger partial charge in [-0.2, -0.15) is 0 Å². The molecule has 130 valence electrons. The first-order chi connectivity index (χ1) is 11.3. The zero-order chi connectivity index (χ0) is 17.4. The van der Waals surface area contributed by atoms with Gasteiger partial charge in [0.05, 0.1) is 6.42 Å². The van der Waals surface area contributed by atoms with Gasteiger partial charge in [-0.15, -0.1) is 0 Å². The van der Waals surface area contributed by atoms with Gasteiger partial charge in [0.15, 0.2) is 5.82 Å². The molecule has 0 aliphatic carbocycles. The van der Waals surface area contributed by atoms with Crippen LogP contribution < -0.4 is 0 Å². The molecule has 24 heavy (non-hydrogen) atoms. The summed E-state index contributed by atoms with van der Waals surface area (Å²) in [7, 11) is 0. The first kappa shape index (κ1) is 16.6. The maximum atomic E-state index is 12.4. The number of oxime groups is 1. The maximum absolute atomic E-state index is 12.4. The number of likely N-dealkylation sites (tertiary alicyclic amines) is 1. The minimum atomic E-state index is -1.58. The van der Waals surface area contributed by atoms with Crippen LogP contribution in [0.4, 0.5) is 4.79 Å². The molecule has 1 aromatic rings. The lowest BCUT2D eigenvalue weighted by atomic mass is 9.99. The number of ether oxygens (including phenoxy) is 1. The molecule has 0 aromatic carbocycles. The van der Waals surface area contributed by atoms with Gasteiger partial charge in [0.25, 0.3) is 5.79 Å². The molecule has 8 nitrogen and oxygen atoms in total. The minimum Gasteiger partial charge on any atom is -0.444 e. The minimum absolute atomic E-state index is 0.126. The Hall–Kier alpha value is -2.22. The zero-order valence-electron chi connectivity index (χ0n) is 14.1. The summed E-state index contributed by atoms with van der Waals surface area (Å²) >= 11 is 0. The van der Waals surface area contributed by atoms with E-state index >= 15 is 0 Å². The van der Waals surface area contributed by atoms with Crippen LogP contribution in [0.3, 0.4) is 0 Å². The SMILES string of the molecule is CC(C)(C)OC(=O)N1CCCC1C1(O)CC(c2ncccn2)=NO1. The van der Waals surface area contributed by atoms with E-state index in [1.54, 1.807) is 18.5 Å². The summed E-state index contributed by atoms with van der Waals surface area (Å²) in [5.74, 6) is -1.17. The van der Waals surface area contributed by atoms with E-state index in [4.69, 9.17) is 9.57 Å². The highest BCUT2D eigenvalue weighted by molar-refractivity contribution is 5.98. The van der Waals surface area contributed by atoms with E-state index in [0.29, 0.717) is 24.5 Å². The molecule has 3 heterocycles. The molecular weight excluding hydrogens is 312 g/mol. The zero-order valence-corrected chi connectivity index (χ0v) is 14.1. The molecule has 1 fully saturated rings. The average molecular weight is 334 g/mol. The van der Waals surface area contributed by atoms with Crippen molar-refractivity contribution < 1.29 is 19.5 Å². The van der Waals surface area contributed by atoms with Crippen LogP contribution in [0.2, 0.25) is 0 Å². The number of hydrogen-bond acceptors (Lipinski definition) is 7. The van der Waals surface area contributed by atoms with Crippen molar-refractivity contribution in [1.82, 2.24) is 14.9 Å². The summed E-state index contributed by atoms with van der Waals surface area (Å²) in [5.41, 5.74) is -0.128.